The Hall–Kier alpha value is -2.38. The zero-order chi connectivity index (χ0) is 18.7. The van der Waals surface area contributed by atoms with Crippen molar-refractivity contribution in [3.8, 4) is 0 Å². The molecule has 0 bridgehead atoms. The molecule has 0 radical (unpaired) electrons. The molecule has 7 heteroatoms. The quantitative estimate of drug-likeness (QED) is 0.787. The first kappa shape index (κ1) is 18.4. The van der Waals surface area contributed by atoms with Crippen molar-refractivity contribution in [3.63, 3.8) is 0 Å². The number of nitrogens with zero attached hydrogens (tertiary/aromatic N) is 1. The van der Waals surface area contributed by atoms with E-state index in [1.54, 1.807) is 55.6 Å². The molecular weight excluding hydrogens is 352 g/mol. The summed E-state index contributed by atoms with van der Waals surface area (Å²) < 4.78 is 32.4. The number of carbonyl (C=O) groups is 1. The standard InChI is InChI=1S/C19H22N2O4S/c1-14-12-16-13-15(19(22)20-10-11-25-2)8-9-18(16)21(14)26(23,24)17-6-4-3-5-7-17/h3-9,13-14H,10-12H2,1-2H3,(H,20,22)/t14-/m0/s1. The average Bonchev–Trinajstić information content (AvgIpc) is 2.98. The van der Waals surface area contributed by atoms with Gasteiger partial charge in [-0.2, -0.15) is 0 Å². The molecule has 26 heavy (non-hydrogen) atoms. The van der Waals surface area contributed by atoms with Crippen LogP contribution in [0.4, 0.5) is 5.69 Å². The number of hydrogen-bond acceptors (Lipinski definition) is 4. The molecule has 1 amide bonds. The summed E-state index contributed by atoms with van der Waals surface area (Å²) in [5, 5.41) is 2.77. The van der Waals surface area contributed by atoms with Gasteiger partial charge in [0.15, 0.2) is 0 Å². The van der Waals surface area contributed by atoms with Gasteiger partial charge in [0.05, 0.1) is 17.2 Å². The van der Waals surface area contributed by atoms with Crippen LogP contribution in [0.15, 0.2) is 53.4 Å². The van der Waals surface area contributed by atoms with Crippen molar-refractivity contribution in [3.05, 3.63) is 59.7 Å². The van der Waals surface area contributed by atoms with E-state index < -0.39 is 10.0 Å². The fraction of sp³-hybridized carbons (Fsp3) is 0.316. The van der Waals surface area contributed by atoms with E-state index in [2.05, 4.69) is 5.32 Å². The maximum atomic E-state index is 13.0. The van der Waals surface area contributed by atoms with E-state index in [0.717, 1.165) is 5.56 Å². The minimum absolute atomic E-state index is 0.193. The smallest absolute Gasteiger partial charge is 0.264 e. The number of carbonyl (C=O) groups excluding carboxylic acids is 1. The van der Waals surface area contributed by atoms with E-state index >= 15 is 0 Å². The molecule has 3 rings (SSSR count). The second-order valence-electron chi connectivity index (χ2n) is 6.26. The molecule has 0 saturated heterocycles. The third kappa shape index (κ3) is 3.45. The van der Waals surface area contributed by atoms with E-state index in [1.807, 2.05) is 6.92 Å². The van der Waals surface area contributed by atoms with E-state index in [0.29, 0.717) is 30.8 Å². The summed E-state index contributed by atoms with van der Waals surface area (Å²) in [5.41, 5.74) is 2.01. The van der Waals surface area contributed by atoms with Crippen molar-refractivity contribution in [2.75, 3.05) is 24.6 Å². The highest BCUT2D eigenvalue weighted by atomic mass is 32.2. The van der Waals surface area contributed by atoms with Gasteiger partial charge in [-0.3, -0.25) is 9.10 Å². The van der Waals surface area contributed by atoms with Crippen molar-refractivity contribution in [1.29, 1.82) is 0 Å². The van der Waals surface area contributed by atoms with Gasteiger partial charge in [-0.1, -0.05) is 18.2 Å². The number of nitrogens with one attached hydrogen (secondary N) is 1. The molecular formula is C19H22N2O4S. The van der Waals surface area contributed by atoms with Gasteiger partial charge in [-0.15, -0.1) is 0 Å². The van der Waals surface area contributed by atoms with E-state index in [9.17, 15) is 13.2 Å². The summed E-state index contributed by atoms with van der Waals surface area (Å²) in [6, 6.07) is 13.3. The summed E-state index contributed by atoms with van der Waals surface area (Å²) in [6.45, 7) is 2.74. The van der Waals surface area contributed by atoms with Crippen LogP contribution < -0.4 is 9.62 Å². The third-order valence-electron chi connectivity index (χ3n) is 4.39. The van der Waals surface area contributed by atoms with Crippen molar-refractivity contribution < 1.29 is 17.9 Å². The number of methoxy groups -OCH3 is 1. The molecule has 2 aromatic carbocycles. The summed E-state index contributed by atoms with van der Waals surface area (Å²) in [5.74, 6) is -0.193. The van der Waals surface area contributed by atoms with Gasteiger partial charge in [0.25, 0.3) is 15.9 Å². The summed E-state index contributed by atoms with van der Waals surface area (Å²) in [6.07, 6.45) is 0.570. The number of fused-ring (bicyclic) bond motifs is 1. The van der Waals surface area contributed by atoms with E-state index in [1.165, 1.54) is 4.31 Å². The molecule has 0 aromatic heterocycles. The first-order valence-electron chi connectivity index (χ1n) is 8.44. The molecule has 1 heterocycles. The Labute approximate surface area is 153 Å². The minimum atomic E-state index is -3.64. The van der Waals surface area contributed by atoms with Crippen LogP contribution in [0, 0.1) is 0 Å². The molecule has 138 valence electrons. The first-order chi connectivity index (χ1) is 12.4. The number of ether oxygens (including phenoxy) is 1. The number of anilines is 1. The van der Waals surface area contributed by atoms with Crippen molar-refractivity contribution in [1.82, 2.24) is 5.32 Å². The average molecular weight is 374 g/mol. The predicted octanol–water partition coefficient (Wildman–Crippen LogP) is 2.20. The summed E-state index contributed by atoms with van der Waals surface area (Å²) in [7, 11) is -2.06. The molecule has 0 fully saturated rings. The van der Waals surface area contributed by atoms with Gasteiger partial charge in [0.2, 0.25) is 0 Å². The van der Waals surface area contributed by atoms with Crippen LogP contribution in [0.25, 0.3) is 0 Å². The Morgan fingerprint density at radius 1 is 1.23 bits per heavy atom. The maximum absolute atomic E-state index is 13.0. The van der Waals surface area contributed by atoms with Crippen LogP contribution in [-0.4, -0.2) is 40.6 Å². The molecule has 0 saturated carbocycles. The topological polar surface area (TPSA) is 75.7 Å². The number of benzene rings is 2. The Morgan fingerprint density at radius 3 is 2.65 bits per heavy atom. The van der Waals surface area contributed by atoms with Gasteiger partial charge in [-0.05, 0) is 49.2 Å². The van der Waals surface area contributed by atoms with Crippen LogP contribution in [-0.2, 0) is 21.2 Å². The summed E-state index contributed by atoms with van der Waals surface area (Å²) in [4.78, 5) is 12.5. The first-order valence-corrected chi connectivity index (χ1v) is 9.88. The number of hydrogen-bond donors (Lipinski definition) is 1. The Balaban J connectivity index is 1.89. The van der Waals surface area contributed by atoms with Crippen LogP contribution in [0.2, 0.25) is 0 Å². The predicted molar refractivity (Wildman–Crippen MR) is 99.9 cm³/mol. The SMILES string of the molecule is COCCNC(=O)c1ccc2c(c1)C[C@H](C)N2S(=O)(=O)c1ccccc1. The monoisotopic (exact) mass is 374 g/mol. The highest BCUT2D eigenvalue weighted by molar-refractivity contribution is 7.92. The largest absolute Gasteiger partial charge is 0.383 e. The van der Waals surface area contributed by atoms with Crippen LogP contribution in [0.1, 0.15) is 22.8 Å². The zero-order valence-electron chi connectivity index (χ0n) is 14.8. The van der Waals surface area contributed by atoms with Gasteiger partial charge in [-0.25, -0.2) is 8.42 Å². The lowest BCUT2D eigenvalue weighted by atomic mass is 10.1. The normalized spacial score (nSPS) is 16.4. The molecule has 0 spiro atoms. The second-order valence-corrected chi connectivity index (χ2v) is 8.07. The fourth-order valence-corrected chi connectivity index (χ4v) is 4.90. The molecule has 2 aromatic rings. The van der Waals surface area contributed by atoms with Gasteiger partial charge in [0.1, 0.15) is 0 Å². The Bertz CT molecular complexity index is 897. The Kier molecular flexibility index (Phi) is 5.29. The lowest BCUT2D eigenvalue weighted by Gasteiger charge is -2.24. The van der Waals surface area contributed by atoms with E-state index in [-0.39, 0.29) is 16.8 Å². The maximum Gasteiger partial charge on any atom is 0.264 e. The van der Waals surface area contributed by atoms with Crippen LogP contribution >= 0.6 is 0 Å². The molecule has 1 atom stereocenters. The van der Waals surface area contributed by atoms with Gasteiger partial charge >= 0.3 is 0 Å². The van der Waals surface area contributed by atoms with Gasteiger partial charge < -0.3 is 10.1 Å². The highest BCUT2D eigenvalue weighted by Gasteiger charge is 2.36. The van der Waals surface area contributed by atoms with E-state index in [4.69, 9.17) is 4.74 Å². The number of amides is 1. The van der Waals surface area contributed by atoms with Crippen LogP contribution in [0.5, 0.6) is 0 Å². The molecule has 6 nitrogen and oxygen atoms in total. The third-order valence-corrected chi connectivity index (χ3v) is 6.33. The lowest BCUT2D eigenvalue weighted by molar-refractivity contribution is 0.0937. The van der Waals surface area contributed by atoms with Crippen LogP contribution in [0.3, 0.4) is 0 Å². The minimum Gasteiger partial charge on any atom is -0.383 e. The molecule has 0 unspecified atom stereocenters. The second kappa shape index (κ2) is 7.47. The number of sulfonamides is 1. The molecule has 1 aliphatic rings. The summed E-state index contributed by atoms with van der Waals surface area (Å²) >= 11 is 0. The van der Waals surface area contributed by atoms with Gasteiger partial charge in [0, 0.05) is 25.3 Å². The highest BCUT2D eigenvalue weighted by Crippen LogP contribution is 2.37. The lowest BCUT2D eigenvalue weighted by Crippen LogP contribution is -2.35. The number of rotatable bonds is 6. The fourth-order valence-electron chi connectivity index (χ4n) is 3.18. The van der Waals surface area contributed by atoms with Crippen molar-refractivity contribution in [2.45, 2.75) is 24.3 Å². The van der Waals surface area contributed by atoms with Crippen molar-refractivity contribution >= 4 is 21.6 Å². The molecule has 0 aliphatic carbocycles. The van der Waals surface area contributed by atoms with Crippen molar-refractivity contribution in [2.24, 2.45) is 0 Å². The Morgan fingerprint density at radius 2 is 1.96 bits per heavy atom. The molecule has 1 aliphatic heterocycles. The zero-order valence-corrected chi connectivity index (χ0v) is 15.6. The molecule has 1 N–H and O–H groups in total.